The van der Waals surface area contributed by atoms with Gasteiger partial charge in [0.25, 0.3) is 0 Å². The Morgan fingerprint density at radius 2 is 2.30 bits per heavy atom. The lowest BCUT2D eigenvalue weighted by atomic mass is 10.1. The fraction of sp³-hybridized carbons (Fsp3) is 0.857. The molecule has 0 amide bonds. The molecule has 0 aliphatic carbocycles. The van der Waals surface area contributed by atoms with Gasteiger partial charge >= 0.3 is 0 Å². The highest BCUT2D eigenvalue weighted by atomic mass is 15.2. The average Bonchev–Trinajstić information content (AvgIpc) is 1.82. The normalized spacial score (nSPS) is 21.8. The number of likely N-dealkylation sites (N-methyl/N-ethyl adjacent to an activating group) is 1. The molecule has 56 valence electrons. The highest BCUT2D eigenvalue weighted by Crippen LogP contribution is 2.05. The fourth-order valence-corrected chi connectivity index (χ4v) is 0.969. The quantitative estimate of drug-likeness (QED) is 0.576. The molecule has 0 spiro atoms. The summed E-state index contributed by atoms with van der Waals surface area (Å²) in [7, 11) is 2.00. The predicted octanol–water partition coefficient (Wildman–Crippen LogP) is -0.198. The molecule has 0 saturated carbocycles. The van der Waals surface area contributed by atoms with Crippen LogP contribution in [-0.4, -0.2) is 37.1 Å². The maximum atomic E-state index is 8.56. The summed E-state index contributed by atoms with van der Waals surface area (Å²) in [6, 6.07) is 2.84. The third-order valence-electron chi connectivity index (χ3n) is 2.13. The first kappa shape index (κ1) is 7.52. The van der Waals surface area contributed by atoms with Gasteiger partial charge in [-0.3, -0.25) is 4.90 Å². The molecular weight excluding hydrogens is 126 g/mol. The van der Waals surface area contributed by atoms with Crippen molar-refractivity contribution < 1.29 is 0 Å². The summed E-state index contributed by atoms with van der Waals surface area (Å²) in [6.07, 6.45) is 0. The van der Waals surface area contributed by atoms with Crippen molar-refractivity contribution in [2.45, 2.75) is 19.0 Å². The Balaban J connectivity index is 2.33. The Labute approximate surface area is 61.6 Å². The largest absolute Gasteiger partial charge is 0.314 e. The van der Waals surface area contributed by atoms with Crippen LogP contribution in [0.15, 0.2) is 0 Å². The first-order valence-corrected chi connectivity index (χ1v) is 3.58. The van der Waals surface area contributed by atoms with E-state index in [9.17, 15) is 0 Å². The molecular formula is C7H13N3. The molecule has 0 aromatic rings. The maximum Gasteiger partial charge on any atom is 0.0950 e. The van der Waals surface area contributed by atoms with E-state index >= 15 is 0 Å². The van der Waals surface area contributed by atoms with Gasteiger partial charge in [-0.15, -0.1) is 0 Å². The van der Waals surface area contributed by atoms with Crippen LogP contribution in [0.1, 0.15) is 6.92 Å². The van der Waals surface area contributed by atoms with E-state index in [-0.39, 0.29) is 6.04 Å². The third-order valence-corrected chi connectivity index (χ3v) is 2.13. The van der Waals surface area contributed by atoms with Crippen LogP contribution in [0, 0.1) is 11.3 Å². The number of nitrogens with zero attached hydrogens (tertiary/aromatic N) is 2. The first-order valence-electron chi connectivity index (χ1n) is 3.58. The topological polar surface area (TPSA) is 39.1 Å². The van der Waals surface area contributed by atoms with Crippen molar-refractivity contribution in [2.24, 2.45) is 0 Å². The molecule has 1 aliphatic rings. The number of hydrogen-bond acceptors (Lipinski definition) is 3. The lowest BCUT2D eigenvalue weighted by Gasteiger charge is -2.36. The van der Waals surface area contributed by atoms with Gasteiger partial charge in [-0.05, 0) is 14.0 Å². The molecule has 10 heavy (non-hydrogen) atoms. The van der Waals surface area contributed by atoms with Crippen LogP contribution in [0.2, 0.25) is 0 Å². The number of rotatable bonds is 2. The zero-order chi connectivity index (χ0) is 7.56. The van der Waals surface area contributed by atoms with E-state index in [0.717, 1.165) is 13.1 Å². The van der Waals surface area contributed by atoms with E-state index < -0.39 is 0 Å². The summed E-state index contributed by atoms with van der Waals surface area (Å²) in [5.74, 6) is 0. The third kappa shape index (κ3) is 1.28. The van der Waals surface area contributed by atoms with Crippen molar-refractivity contribution in [3.8, 4) is 6.07 Å². The Morgan fingerprint density at radius 3 is 2.60 bits per heavy atom. The molecule has 3 heteroatoms. The molecule has 1 fully saturated rings. The van der Waals surface area contributed by atoms with Gasteiger partial charge in [-0.1, -0.05) is 0 Å². The second kappa shape index (κ2) is 3.00. The molecule has 3 nitrogen and oxygen atoms in total. The first-order chi connectivity index (χ1) is 4.75. The molecule has 0 aromatic carbocycles. The van der Waals surface area contributed by atoms with Crippen LogP contribution in [0.25, 0.3) is 0 Å². The summed E-state index contributed by atoms with van der Waals surface area (Å²) in [5.41, 5.74) is 0. The summed E-state index contributed by atoms with van der Waals surface area (Å²) >= 11 is 0. The molecule has 0 bridgehead atoms. The lowest BCUT2D eigenvalue weighted by molar-refractivity contribution is 0.161. The lowest BCUT2D eigenvalue weighted by Crippen LogP contribution is -2.57. The van der Waals surface area contributed by atoms with Gasteiger partial charge in [0.05, 0.1) is 12.1 Å². The highest BCUT2D eigenvalue weighted by Gasteiger charge is 2.24. The molecule has 1 heterocycles. The van der Waals surface area contributed by atoms with Crippen molar-refractivity contribution in [1.82, 2.24) is 10.2 Å². The van der Waals surface area contributed by atoms with Crippen molar-refractivity contribution in [1.29, 1.82) is 5.26 Å². The Bertz CT molecular complexity index is 145. The second-order valence-corrected chi connectivity index (χ2v) is 2.78. The van der Waals surface area contributed by atoms with Crippen LogP contribution >= 0.6 is 0 Å². The Kier molecular flexibility index (Phi) is 2.25. The van der Waals surface area contributed by atoms with Crippen molar-refractivity contribution in [3.63, 3.8) is 0 Å². The van der Waals surface area contributed by atoms with Gasteiger partial charge in [0.2, 0.25) is 0 Å². The Hall–Kier alpha value is -0.590. The van der Waals surface area contributed by atoms with Gasteiger partial charge in [-0.25, -0.2) is 0 Å². The average molecular weight is 139 g/mol. The number of hydrogen-bond donors (Lipinski definition) is 1. The standard InChI is InChI=1S/C7H13N3/c1-6(3-8)10(2)7-4-9-5-7/h6-7,9H,4-5H2,1-2H3/t6-/m1/s1. The van der Waals surface area contributed by atoms with Gasteiger partial charge in [-0.2, -0.15) is 5.26 Å². The van der Waals surface area contributed by atoms with Gasteiger partial charge < -0.3 is 5.32 Å². The van der Waals surface area contributed by atoms with E-state index in [4.69, 9.17) is 5.26 Å². The minimum atomic E-state index is 0.0482. The number of nitriles is 1. The molecule has 0 aromatic heterocycles. The molecule has 1 N–H and O–H groups in total. The number of nitrogens with one attached hydrogen (secondary N) is 1. The van der Waals surface area contributed by atoms with Crippen molar-refractivity contribution >= 4 is 0 Å². The minimum Gasteiger partial charge on any atom is -0.314 e. The molecule has 1 atom stereocenters. The van der Waals surface area contributed by atoms with Crippen LogP contribution in [0.5, 0.6) is 0 Å². The summed E-state index contributed by atoms with van der Waals surface area (Å²) < 4.78 is 0. The zero-order valence-electron chi connectivity index (χ0n) is 6.46. The predicted molar refractivity (Wildman–Crippen MR) is 39.5 cm³/mol. The molecule has 1 saturated heterocycles. The molecule has 0 radical (unpaired) electrons. The molecule has 1 rings (SSSR count). The Morgan fingerprint density at radius 1 is 1.70 bits per heavy atom. The molecule has 0 unspecified atom stereocenters. The second-order valence-electron chi connectivity index (χ2n) is 2.78. The SMILES string of the molecule is C[C@H](C#N)N(C)C1CNC1. The van der Waals surface area contributed by atoms with E-state index in [2.05, 4.69) is 16.3 Å². The van der Waals surface area contributed by atoms with E-state index in [1.807, 2.05) is 14.0 Å². The van der Waals surface area contributed by atoms with Crippen molar-refractivity contribution in [3.05, 3.63) is 0 Å². The van der Waals surface area contributed by atoms with Crippen LogP contribution in [0.4, 0.5) is 0 Å². The van der Waals surface area contributed by atoms with Crippen LogP contribution < -0.4 is 5.32 Å². The van der Waals surface area contributed by atoms with E-state index in [1.165, 1.54) is 0 Å². The zero-order valence-corrected chi connectivity index (χ0v) is 6.46. The van der Waals surface area contributed by atoms with Gasteiger partial charge in [0.1, 0.15) is 0 Å². The van der Waals surface area contributed by atoms with Crippen LogP contribution in [-0.2, 0) is 0 Å². The minimum absolute atomic E-state index is 0.0482. The highest BCUT2D eigenvalue weighted by molar-refractivity contribution is 4.93. The van der Waals surface area contributed by atoms with Crippen molar-refractivity contribution in [2.75, 3.05) is 20.1 Å². The van der Waals surface area contributed by atoms with Gasteiger partial charge in [0, 0.05) is 19.1 Å². The summed E-state index contributed by atoms with van der Waals surface area (Å²) in [6.45, 7) is 3.99. The summed E-state index contributed by atoms with van der Waals surface area (Å²) in [4.78, 5) is 2.11. The smallest absolute Gasteiger partial charge is 0.0950 e. The molecule has 1 aliphatic heterocycles. The fourth-order valence-electron chi connectivity index (χ4n) is 0.969. The maximum absolute atomic E-state index is 8.56. The van der Waals surface area contributed by atoms with Gasteiger partial charge in [0.15, 0.2) is 0 Å². The summed E-state index contributed by atoms with van der Waals surface area (Å²) in [5, 5.41) is 11.7. The van der Waals surface area contributed by atoms with E-state index in [1.54, 1.807) is 0 Å². The van der Waals surface area contributed by atoms with E-state index in [0.29, 0.717) is 6.04 Å². The van der Waals surface area contributed by atoms with Crippen LogP contribution in [0.3, 0.4) is 0 Å². The monoisotopic (exact) mass is 139 g/mol.